The molecule has 33 heavy (non-hydrogen) atoms. The van der Waals surface area contributed by atoms with Crippen LogP contribution in [0.4, 0.5) is 5.69 Å². The van der Waals surface area contributed by atoms with E-state index in [9.17, 15) is 19.2 Å². The van der Waals surface area contributed by atoms with E-state index in [1.807, 2.05) is 0 Å². The van der Waals surface area contributed by atoms with E-state index in [1.165, 1.54) is 13.5 Å². The standard InChI is InChI=1S/C26H28N2O5/c1-33-26(32)14-2-6-15(7-3-14)27-23(29)13-4-8-16(9-5-13)28-24(30)21-17-10-11-18(20-12-19(17)20)22(21)25(28)31/h2-3,6-7,10-11,13,16-22H,4-5,8-9,12H2,1H3,(H,27,29)/t13?,16?,17-,18-,19-,20-,21+,22+/m0/s1. The normalized spacial score (nSPS) is 38.0. The summed E-state index contributed by atoms with van der Waals surface area (Å²) in [5, 5.41) is 2.92. The third kappa shape index (κ3) is 3.15. The predicted molar refractivity (Wildman–Crippen MR) is 119 cm³/mol. The number of rotatable bonds is 4. The van der Waals surface area contributed by atoms with Crippen molar-refractivity contribution in [2.24, 2.45) is 41.4 Å². The molecule has 7 heteroatoms. The molecule has 0 radical (unpaired) electrons. The Morgan fingerprint density at radius 3 is 2.03 bits per heavy atom. The van der Waals surface area contributed by atoms with Gasteiger partial charge in [-0.1, -0.05) is 12.2 Å². The molecule has 0 spiro atoms. The van der Waals surface area contributed by atoms with E-state index in [4.69, 9.17) is 4.74 Å². The molecule has 5 aliphatic carbocycles. The third-order valence-corrected chi connectivity index (χ3v) is 8.70. The molecule has 1 saturated heterocycles. The van der Waals surface area contributed by atoms with E-state index < -0.39 is 5.97 Å². The van der Waals surface area contributed by atoms with Gasteiger partial charge in [0.2, 0.25) is 17.7 Å². The van der Waals surface area contributed by atoms with Crippen molar-refractivity contribution in [3.05, 3.63) is 42.0 Å². The van der Waals surface area contributed by atoms with Crippen molar-refractivity contribution in [3.8, 4) is 0 Å². The number of likely N-dealkylation sites (tertiary alicyclic amines) is 1. The Morgan fingerprint density at radius 2 is 1.48 bits per heavy atom. The van der Waals surface area contributed by atoms with Crippen molar-refractivity contribution in [1.82, 2.24) is 4.90 Å². The number of carbonyl (C=O) groups is 4. The lowest BCUT2D eigenvalue weighted by Crippen LogP contribution is -2.44. The summed E-state index contributed by atoms with van der Waals surface area (Å²) in [6, 6.07) is 6.52. The molecule has 4 fully saturated rings. The van der Waals surface area contributed by atoms with Gasteiger partial charge in [0.05, 0.1) is 24.5 Å². The van der Waals surface area contributed by atoms with Crippen LogP contribution in [0.3, 0.4) is 0 Å². The number of benzene rings is 1. The minimum absolute atomic E-state index is 0.0355. The molecule has 172 valence electrons. The van der Waals surface area contributed by atoms with Gasteiger partial charge in [-0.15, -0.1) is 0 Å². The molecule has 1 aromatic rings. The molecule has 3 saturated carbocycles. The zero-order valence-corrected chi connectivity index (χ0v) is 18.6. The number of nitrogens with zero attached hydrogens (tertiary/aromatic N) is 1. The van der Waals surface area contributed by atoms with E-state index >= 15 is 0 Å². The summed E-state index contributed by atoms with van der Waals surface area (Å²) in [5.74, 6) is 0.864. The number of allylic oxidation sites excluding steroid dienone is 2. The first-order valence-electron chi connectivity index (χ1n) is 12.0. The largest absolute Gasteiger partial charge is 0.465 e. The van der Waals surface area contributed by atoms with E-state index in [0.717, 1.165) is 0 Å². The highest BCUT2D eigenvalue weighted by Crippen LogP contribution is 2.65. The molecule has 7 rings (SSSR count). The molecule has 1 aliphatic heterocycles. The molecule has 6 aliphatic rings. The number of hydrogen-bond acceptors (Lipinski definition) is 5. The monoisotopic (exact) mass is 448 g/mol. The Hall–Kier alpha value is -2.96. The van der Waals surface area contributed by atoms with Gasteiger partial charge in [-0.2, -0.15) is 0 Å². The smallest absolute Gasteiger partial charge is 0.337 e. The quantitative estimate of drug-likeness (QED) is 0.434. The SMILES string of the molecule is COC(=O)c1ccc(NC(=O)C2CCC(N3C(=O)[C@@H]4[C@H]5C=C[C@@H]([C@@H]6C[C@@H]56)[C@H]4C3=O)CC2)cc1. The first kappa shape index (κ1) is 20.6. The second kappa shape index (κ2) is 7.54. The fourth-order valence-electron chi connectivity index (χ4n) is 6.99. The highest BCUT2D eigenvalue weighted by atomic mass is 16.5. The highest BCUT2D eigenvalue weighted by molar-refractivity contribution is 6.06. The third-order valence-electron chi connectivity index (χ3n) is 8.70. The molecular weight excluding hydrogens is 420 g/mol. The van der Waals surface area contributed by atoms with Gasteiger partial charge < -0.3 is 10.1 Å². The number of anilines is 1. The minimum Gasteiger partial charge on any atom is -0.465 e. The van der Waals surface area contributed by atoms with Crippen LogP contribution in [-0.2, 0) is 19.1 Å². The first-order chi connectivity index (χ1) is 16.0. The molecule has 0 unspecified atom stereocenters. The number of methoxy groups -OCH3 is 1. The second-order valence-electron chi connectivity index (χ2n) is 10.3. The van der Waals surface area contributed by atoms with E-state index in [0.29, 0.717) is 48.8 Å². The number of esters is 1. The molecule has 3 amide bonds. The lowest BCUT2D eigenvalue weighted by atomic mass is 9.63. The van der Waals surface area contributed by atoms with Crippen LogP contribution >= 0.6 is 0 Å². The van der Waals surface area contributed by atoms with E-state index in [-0.39, 0.29) is 53.4 Å². The Kier molecular flexibility index (Phi) is 4.71. The summed E-state index contributed by atoms with van der Waals surface area (Å²) in [7, 11) is 1.33. The Bertz CT molecular complexity index is 1020. The topological polar surface area (TPSA) is 92.8 Å². The Balaban J connectivity index is 1.07. The fraction of sp³-hybridized carbons (Fsp3) is 0.538. The van der Waals surface area contributed by atoms with Crippen LogP contribution in [0.5, 0.6) is 0 Å². The zero-order chi connectivity index (χ0) is 22.9. The van der Waals surface area contributed by atoms with Crippen molar-refractivity contribution in [2.45, 2.75) is 38.1 Å². The molecular formula is C26H28N2O5. The van der Waals surface area contributed by atoms with Crippen molar-refractivity contribution in [2.75, 3.05) is 12.4 Å². The average Bonchev–Trinajstić information content (AvgIpc) is 3.62. The van der Waals surface area contributed by atoms with Crippen LogP contribution in [0.15, 0.2) is 36.4 Å². The van der Waals surface area contributed by atoms with Crippen LogP contribution in [-0.4, -0.2) is 41.7 Å². The first-order valence-corrected chi connectivity index (χ1v) is 12.0. The minimum atomic E-state index is -0.419. The van der Waals surface area contributed by atoms with E-state index in [2.05, 4.69) is 17.5 Å². The highest BCUT2D eigenvalue weighted by Gasteiger charge is 2.67. The van der Waals surface area contributed by atoms with Gasteiger partial charge in [0, 0.05) is 17.6 Å². The van der Waals surface area contributed by atoms with E-state index in [1.54, 1.807) is 29.2 Å². The second-order valence-corrected chi connectivity index (χ2v) is 10.3. The lowest BCUT2D eigenvalue weighted by molar-refractivity contribution is -0.144. The van der Waals surface area contributed by atoms with Gasteiger partial charge in [-0.05, 0) is 80.0 Å². The molecule has 1 N–H and O–H groups in total. The van der Waals surface area contributed by atoms with Crippen LogP contribution < -0.4 is 5.32 Å². The lowest BCUT2D eigenvalue weighted by Gasteiger charge is -2.37. The number of ether oxygens (including phenoxy) is 1. The Labute approximate surface area is 192 Å². The summed E-state index contributed by atoms with van der Waals surface area (Å²) in [6.45, 7) is 0. The van der Waals surface area contributed by atoms with Crippen LogP contribution in [0.25, 0.3) is 0 Å². The number of hydrogen-bond donors (Lipinski definition) is 1. The number of imide groups is 1. The molecule has 6 atom stereocenters. The fourth-order valence-corrected chi connectivity index (χ4v) is 6.99. The summed E-state index contributed by atoms with van der Waals surface area (Å²) < 4.78 is 4.69. The van der Waals surface area contributed by atoms with Crippen molar-refractivity contribution < 1.29 is 23.9 Å². The van der Waals surface area contributed by atoms with Crippen LogP contribution in [0, 0.1) is 41.4 Å². The van der Waals surface area contributed by atoms with Gasteiger partial charge >= 0.3 is 5.97 Å². The van der Waals surface area contributed by atoms with Crippen LogP contribution in [0.2, 0.25) is 0 Å². The van der Waals surface area contributed by atoms with Crippen LogP contribution in [0.1, 0.15) is 42.5 Å². The van der Waals surface area contributed by atoms with Crippen molar-refractivity contribution in [3.63, 3.8) is 0 Å². The molecule has 2 bridgehead atoms. The van der Waals surface area contributed by atoms with Gasteiger partial charge in [0.25, 0.3) is 0 Å². The average molecular weight is 449 g/mol. The van der Waals surface area contributed by atoms with Crippen molar-refractivity contribution in [1.29, 1.82) is 0 Å². The zero-order valence-electron chi connectivity index (χ0n) is 18.6. The molecule has 1 heterocycles. The summed E-state index contributed by atoms with van der Waals surface area (Å²) >= 11 is 0. The number of carbonyl (C=O) groups excluding carboxylic acids is 4. The summed E-state index contributed by atoms with van der Waals surface area (Å²) in [4.78, 5) is 52.6. The Morgan fingerprint density at radius 1 is 0.909 bits per heavy atom. The predicted octanol–water partition coefficient (Wildman–Crippen LogP) is 3.02. The van der Waals surface area contributed by atoms with Crippen molar-refractivity contribution >= 4 is 29.4 Å². The molecule has 7 nitrogen and oxygen atoms in total. The molecule has 0 aromatic heterocycles. The maximum atomic E-state index is 13.3. The van der Waals surface area contributed by atoms with Gasteiger partial charge in [-0.3, -0.25) is 19.3 Å². The van der Waals surface area contributed by atoms with Gasteiger partial charge in [-0.25, -0.2) is 4.79 Å². The summed E-state index contributed by atoms with van der Waals surface area (Å²) in [6.07, 6.45) is 8.22. The summed E-state index contributed by atoms with van der Waals surface area (Å²) in [5.41, 5.74) is 1.06. The maximum Gasteiger partial charge on any atom is 0.337 e. The van der Waals surface area contributed by atoms with Gasteiger partial charge in [0.1, 0.15) is 0 Å². The molecule has 1 aromatic carbocycles. The van der Waals surface area contributed by atoms with Gasteiger partial charge in [0.15, 0.2) is 0 Å². The number of nitrogens with one attached hydrogen (secondary N) is 1. The number of amides is 3. The maximum absolute atomic E-state index is 13.3.